The van der Waals surface area contributed by atoms with Gasteiger partial charge in [-0.05, 0) is 13.8 Å². The average Bonchev–Trinajstić information content (AvgIpc) is 2.40. The average molecular weight is 308 g/mol. The third-order valence-corrected chi connectivity index (χ3v) is 3.66. The van der Waals surface area contributed by atoms with Crippen LogP contribution in [0, 0.1) is 25.2 Å². The highest BCUT2D eigenvalue weighted by atomic mass is 32.2. The Kier molecular flexibility index (Phi) is 6.11. The normalized spacial score (nSPS) is 10.0. The van der Waals surface area contributed by atoms with Gasteiger partial charge in [0.2, 0.25) is 5.91 Å². The summed E-state index contributed by atoms with van der Waals surface area (Å²) in [7, 11) is 1.61. The van der Waals surface area contributed by atoms with E-state index in [1.54, 1.807) is 20.9 Å². The second kappa shape index (κ2) is 7.59. The molecule has 0 aliphatic heterocycles. The Morgan fingerprint density at radius 3 is 2.62 bits per heavy atom. The number of nitriles is 1. The fourth-order valence-electron chi connectivity index (χ4n) is 1.61. The lowest BCUT2D eigenvalue weighted by molar-refractivity contribution is -0.127. The fraction of sp³-hybridized carbons (Fsp3) is 0.462. The molecule has 0 saturated heterocycles. The minimum atomic E-state index is -1.11. The summed E-state index contributed by atoms with van der Waals surface area (Å²) in [5.74, 6) is -0.760. The summed E-state index contributed by atoms with van der Waals surface area (Å²) in [6.07, 6.45) is 0.263. The minimum Gasteiger partial charge on any atom is -0.478 e. The molecule has 1 rings (SSSR count). The molecule has 1 N–H and O–H groups in total. The smallest absolute Gasteiger partial charge is 0.340 e. The number of thioether (sulfide) groups is 1. The maximum atomic E-state index is 11.9. The van der Waals surface area contributed by atoms with Crippen molar-refractivity contribution >= 4 is 23.6 Å². The molecule has 1 aromatic rings. The summed E-state index contributed by atoms with van der Waals surface area (Å²) in [6.45, 7) is 3.62. The molecule has 8 heteroatoms. The van der Waals surface area contributed by atoms with Gasteiger partial charge >= 0.3 is 5.97 Å². The maximum absolute atomic E-state index is 11.9. The third kappa shape index (κ3) is 4.72. The van der Waals surface area contributed by atoms with E-state index in [0.717, 1.165) is 11.8 Å². The van der Waals surface area contributed by atoms with Crippen LogP contribution in [0.5, 0.6) is 0 Å². The highest BCUT2D eigenvalue weighted by Crippen LogP contribution is 2.23. The molecule has 0 aromatic carbocycles. The summed E-state index contributed by atoms with van der Waals surface area (Å²) in [5.41, 5.74) is 0.404. The molecule has 7 nitrogen and oxygen atoms in total. The van der Waals surface area contributed by atoms with Crippen LogP contribution in [-0.4, -0.2) is 51.2 Å². The summed E-state index contributed by atoms with van der Waals surface area (Å²) in [4.78, 5) is 32.7. The van der Waals surface area contributed by atoms with Crippen molar-refractivity contribution in [3.8, 4) is 6.07 Å². The number of hydrogen-bond acceptors (Lipinski definition) is 6. The molecule has 0 saturated carbocycles. The molecule has 112 valence electrons. The van der Waals surface area contributed by atoms with Gasteiger partial charge in [0.15, 0.2) is 0 Å². The lowest BCUT2D eigenvalue weighted by Crippen LogP contribution is -2.29. The number of carboxylic acid groups (broad SMARTS) is 1. The molecule has 1 amide bonds. The molecule has 0 fully saturated rings. The van der Waals surface area contributed by atoms with Gasteiger partial charge in [-0.15, -0.1) is 0 Å². The number of aromatic carboxylic acids is 1. The third-order valence-electron chi connectivity index (χ3n) is 2.70. The van der Waals surface area contributed by atoms with Crippen molar-refractivity contribution in [1.82, 2.24) is 14.9 Å². The zero-order valence-corrected chi connectivity index (χ0v) is 12.9. The highest BCUT2D eigenvalue weighted by molar-refractivity contribution is 8.00. The molecule has 0 atom stereocenters. The van der Waals surface area contributed by atoms with Gasteiger partial charge in [-0.25, -0.2) is 14.8 Å². The van der Waals surface area contributed by atoms with Crippen molar-refractivity contribution in [1.29, 1.82) is 5.26 Å². The molecule has 0 bridgehead atoms. The number of nitrogens with zero attached hydrogens (tertiary/aromatic N) is 4. The molecule has 21 heavy (non-hydrogen) atoms. The number of carbonyl (C=O) groups is 2. The first-order valence-corrected chi connectivity index (χ1v) is 7.17. The standard InChI is InChI=1S/C13H16N4O3S/c1-8-11(13(19)20)12(16-9(2)15-8)21-7-10(18)17(3)6-4-5-14/h4,6-7H2,1-3H3,(H,19,20). The van der Waals surface area contributed by atoms with E-state index in [9.17, 15) is 14.7 Å². The highest BCUT2D eigenvalue weighted by Gasteiger charge is 2.19. The molecule has 0 aliphatic carbocycles. The zero-order valence-electron chi connectivity index (χ0n) is 12.1. The minimum absolute atomic E-state index is 0.0260. The zero-order chi connectivity index (χ0) is 16.0. The van der Waals surface area contributed by atoms with Crippen LogP contribution in [0.3, 0.4) is 0 Å². The van der Waals surface area contributed by atoms with Crippen molar-refractivity contribution in [3.05, 3.63) is 17.1 Å². The molecule has 0 radical (unpaired) electrons. The van der Waals surface area contributed by atoms with Crippen LogP contribution >= 0.6 is 11.8 Å². The van der Waals surface area contributed by atoms with E-state index in [1.807, 2.05) is 6.07 Å². The van der Waals surface area contributed by atoms with Crippen LogP contribution in [-0.2, 0) is 4.79 Å². The molecule has 0 unspecified atom stereocenters. The second-order valence-electron chi connectivity index (χ2n) is 4.35. The van der Waals surface area contributed by atoms with Gasteiger partial charge in [-0.1, -0.05) is 11.8 Å². The van der Waals surface area contributed by atoms with E-state index in [4.69, 9.17) is 5.26 Å². The van der Waals surface area contributed by atoms with Gasteiger partial charge < -0.3 is 10.0 Å². The van der Waals surface area contributed by atoms with Crippen LogP contribution < -0.4 is 0 Å². The van der Waals surface area contributed by atoms with Crippen LogP contribution in [0.15, 0.2) is 5.03 Å². The molecule has 1 aromatic heterocycles. The molecular weight excluding hydrogens is 292 g/mol. The van der Waals surface area contributed by atoms with Crippen molar-refractivity contribution in [2.75, 3.05) is 19.3 Å². The fourth-order valence-corrected chi connectivity index (χ4v) is 2.67. The summed E-state index contributed by atoms with van der Waals surface area (Å²) in [6, 6.07) is 1.97. The van der Waals surface area contributed by atoms with E-state index < -0.39 is 5.97 Å². The number of carbonyl (C=O) groups excluding carboxylic acids is 1. The van der Waals surface area contributed by atoms with Crippen LogP contribution in [0.4, 0.5) is 0 Å². The summed E-state index contributed by atoms with van der Waals surface area (Å²) in [5, 5.41) is 18.0. The molecule has 0 aliphatic rings. The Labute approximate surface area is 127 Å². The number of hydrogen-bond donors (Lipinski definition) is 1. The van der Waals surface area contributed by atoms with Crippen LogP contribution in [0.1, 0.15) is 28.3 Å². The number of aryl methyl sites for hydroxylation is 2. The van der Waals surface area contributed by atoms with E-state index in [1.165, 1.54) is 4.90 Å². The number of amides is 1. The van der Waals surface area contributed by atoms with Gasteiger partial charge in [0.1, 0.15) is 16.4 Å². The Bertz CT molecular complexity index is 598. The van der Waals surface area contributed by atoms with Crippen molar-refractivity contribution in [2.24, 2.45) is 0 Å². The number of carboxylic acids is 1. The SMILES string of the molecule is Cc1nc(C)c(C(=O)O)c(SCC(=O)N(C)CCC#N)n1. The Balaban J connectivity index is 2.82. The number of rotatable bonds is 6. The van der Waals surface area contributed by atoms with Gasteiger partial charge in [-0.2, -0.15) is 5.26 Å². The first-order chi connectivity index (χ1) is 9.86. The lowest BCUT2D eigenvalue weighted by Gasteiger charge is -2.15. The maximum Gasteiger partial charge on any atom is 0.340 e. The van der Waals surface area contributed by atoms with Gasteiger partial charge in [-0.3, -0.25) is 4.79 Å². The summed E-state index contributed by atoms with van der Waals surface area (Å²) < 4.78 is 0. The first-order valence-electron chi connectivity index (χ1n) is 6.19. The Hall–Kier alpha value is -2.14. The van der Waals surface area contributed by atoms with Crippen LogP contribution in [0.2, 0.25) is 0 Å². The predicted octanol–water partition coefficient (Wildman–Crippen LogP) is 1.26. The molecule has 0 spiro atoms. The first kappa shape index (κ1) is 16.9. The van der Waals surface area contributed by atoms with E-state index in [0.29, 0.717) is 18.1 Å². The van der Waals surface area contributed by atoms with E-state index in [-0.39, 0.29) is 28.7 Å². The lowest BCUT2D eigenvalue weighted by atomic mass is 10.2. The van der Waals surface area contributed by atoms with E-state index >= 15 is 0 Å². The quantitative estimate of drug-likeness (QED) is 0.622. The van der Waals surface area contributed by atoms with E-state index in [2.05, 4.69) is 9.97 Å². The Morgan fingerprint density at radius 1 is 1.38 bits per heavy atom. The van der Waals surface area contributed by atoms with Gasteiger partial charge in [0.05, 0.1) is 23.9 Å². The summed E-state index contributed by atoms with van der Waals surface area (Å²) >= 11 is 1.07. The van der Waals surface area contributed by atoms with Gasteiger partial charge in [0, 0.05) is 13.6 Å². The monoisotopic (exact) mass is 308 g/mol. The predicted molar refractivity (Wildman–Crippen MR) is 77.1 cm³/mol. The van der Waals surface area contributed by atoms with Crippen molar-refractivity contribution in [3.63, 3.8) is 0 Å². The van der Waals surface area contributed by atoms with Crippen LogP contribution in [0.25, 0.3) is 0 Å². The van der Waals surface area contributed by atoms with Crippen molar-refractivity contribution in [2.45, 2.75) is 25.3 Å². The largest absolute Gasteiger partial charge is 0.478 e. The Morgan fingerprint density at radius 2 is 2.05 bits per heavy atom. The topological polar surface area (TPSA) is 107 Å². The molecule has 1 heterocycles. The van der Waals surface area contributed by atoms with Crippen molar-refractivity contribution < 1.29 is 14.7 Å². The van der Waals surface area contributed by atoms with Gasteiger partial charge in [0.25, 0.3) is 0 Å². The molecular formula is C13H16N4O3S. The second-order valence-corrected chi connectivity index (χ2v) is 5.32. The number of aromatic nitrogens is 2.